The van der Waals surface area contributed by atoms with Crippen LogP contribution in [0.1, 0.15) is 0 Å². The predicted octanol–water partition coefficient (Wildman–Crippen LogP) is 4.07. The Hall–Kier alpha value is -1.92. The van der Waals surface area contributed by atoms with E-state index in [0.29, 0.717) is 0 Å². The van der Waals surface area contributed by atoms with Crippen molar-refractivity contribution in [1.29, 1.82) is 5.39 Å². The minimum atomic E-state index is -6.00. The van der Waals surface area contributed by atoms with Crippen molar-refractivity contribution in [3.05, 3.63) is 29.2 Å². The number of rotatable bonds is 2. The molecule has 0 N–H and O–H groups in total. The number of ether oxygens (including phenoxy) is 1. The van der Waals surface area contributed by atoms with Crippen LogP contribution in [-0.2, 0) is 0 Å². The average molecular weight is 258 g/mol. The molecule has 0 aliphatic heterocycles. The van der Waals surface area contributed by atoms with Crippen molar-refractivity contribution in [3.8, 4) is 5.75 Å². The van der Waals surface area contributed by atoms with E-state index in [1.807, 2.05) is 0 Å². The molecule has 0 saturated heterocycles. The van der Waals surface area contributed by atoms with Gasteiger partial charge >= 0.3 is 19.6 Å². The summed E-state index contributed by atoms with van der Waals surface area (Å²) >= 11 is 0. The van der Waals surface area contributed by atoms with Gasteiger partial charge in [-0.1, -0.05) is 0 Å². The van der Waals surface area contributed by atoms with E-state index in [1.165, 1.54) is 24.3 Å². The second kappa shape index (κ2) is 6.62. The zero-order chi connectivity index (χ0) is 13.5. The molecule has 0 aliphatic carbocycles. The van der Waals surface area contributed by atoms with Gasteiger partial charge in [0.25, 0.3) is 0 Å². The second-order valence-electron chi connectivity index (χ2n) is 2.47. The zero-order valence-electron chi connectivity index (χ0n) is 8.03. The monoisotopic (exact) mass is 258 g/mol. The first-order chi connectivity index (χ1) is 7.72. The molecule has 0 aromatic heterocycles. The third-order valence-corrected chi connectivity index (χ3v) is 1.18. The van der Waals surface area contributed by atoms with Gasteiger partial charge in [0, 0.05) is 12.1 Å². The van der Waals surface area contributed by atoms with E-state index in [1.54, 1.807) is 0 Å². The van der Waals surface area contributed by atoms with Gasteiger partial charge in [0.15, 0.2) is 4.98 Å². The molecular weight excluding hydrogens is 253 g/mol. The Kier molecular flexibility index (Phi) is 5.88. The van der Waals surface area contributed by atoms with Crippen LogP contribution in [0.15, 0.2) is 24.3 Å². The average Bonchev–Trinajstić information content (AvgIpc) is 2.15. The molecule has 94 valence electrons. The molecule has 1 aromatic carbocycles. The molecule has 1 rings (SSSR count). The summed E-state index contributed by atoms with van der Waals surface area (Å²) in [6.45, 7) is -2.83. The van der Waals surface area contributed by atoms with Crippen LogP contribution in [0.2, 0.25) is 0 Å². The Morgan fingerprint density at radius 2 is 1.47 bits per heavy atom. The lowest BCUT2D eigenvalue weighted by Gasteiger charge is -2.00. The fourth-order valence-electron chi connectivity index (χ4n) is 0.694. The molecule has 0 radical (unpaired) electrons. The van der Waals surface area contributed by atoms with Crippen molar-refractivity contribution in [2.75, 3.05) is 0 Å². The number of hydrogen-bond donors (Lipinski definition) is 0. The van der Waals surface area contributed by atoms with Gasteiger partial charge in [-0.3, -0.25) is 0 Å². The topological polar surface area (TPSA) is 37.4 Å². The van der Waals surface area contributed by atoms with Gasteiger partial charge in [-0.15, -0.1) is 0 Å². The van der Waals surface area contributed by atoms with Gasteiger partial charge in [0.05, 0.1) is 0 Å². The summed E-state index contributed by atoms with van der Waals surface area (Å²) in [6, 6.07) is 5.30. The number of halogens is 6. The molecule has 0 unspecified atom stereocenters. The van der Waals surface area contributed by atoms with Gasteiger partial charge < -0.3 is 22.0 Å². The van der Waals surface area contributed by atoms with Crippen molar-refractivity contribution >= 4 is 12.9 Å². The predicted molar refractivity (Wildman–Crippen MR) is 48.0 cm³/mol. The molecule has 0 bridgehead atoms. The molecule has 1 aromatic rings. The van der Waals surface area contributed by atoms with E-state index in [9.17, 15) is 26.0 Å². The summed E-state index contributed by atoms with van der Waals surface area (Å²) < 4.78 is 66.3. The Morgan fingerprint density at radius 1 is 1.06 bits per heavy atom. The summed E-state index contributed by atoms with van der Waals surface area (Å²) in [5.41, 5.74) is 0.289. The van der Waals surface area contributed by atoms with E-state index in [-0.39, 0.29) is 11.4 Å². The van der Waals surface area contributed by atoms with Gasteiger partial charge in [0.2, 0.25) is 5.39 Å². The van der Waals surface area contributed by atoms with E-state index in [2.05, 4.69) is 9.71 Å². The third kappa shape index (κ3) is 10.4. The van der Waals surface area contributed by atoms with Crippen molar-refractivity contribution in [2.24, 2.45) is 0 Å². The maximum absolute atomic E-state index is 11.6. The maximum Gasteiger partial charge on any atom is 0.673 e. The lowest BCUT2D eigenvalue weighted by Crippen LogP contribution is -2.02. The molecule has 0 atom stereocenters. The standard InChI is InChI=1S/C7H5F2N2O.BF4/c8-7(9)12-6-3-1-5(11-10)2-4-6;2-1(3,4)5/h1-4,7H;/q+1;-1. The van der Waals surface area contributed by atoms with Gasteiger partial charge in [-0.25, -0.2) is 0 Å². The Labute approximate surface area is 91.7 Å². The molecule has 0 saturated carbocycles. The highest BCUT2D eigenvalue weighted by Crippen LogP contribution is 2.19. The SMILES string of the molecule is F[B-](F)(F)F.N#[N+]c1ccc(OC(F)F)cc1. The second-order valence-corrected chi connectivity index (χ2v) is 2.47. The number of nitrogens with zero attached hydrogens (tertiary/aromatic N) is 2. The molecule has 0 heterocycles. The quantitative estimate of drug-likeness (QED) is 0.455. The van der Waals surface area contributed by atoms with Crippen molar-refractivity contribution in [3.63, 3.8) is 0 Å². The van der Waals surface area contributed by atoms with Crippen molar-refractivity contribution in [2.45, 2.75) is 6.61 Å². The van der Waals surface area contributed by atoms with Crippen LogP contribution in [-0.4, -0.2) is 13.9 Å². The van der Waals surface area contributed by atoms with Crippen LogP contribution in [0.3, 0.4) is 0 Å². The molecule has 0 fully saturated rings. The Morgan fingerprint density at radius 3 is 1.76 bits per heavy atom. The van der Waals surface area contributed by atoms with Gasteiger partial charge in [-0.05, 0) is 12.1 Å². The summed E-state index contributed by atoms with van der Waals surface area (Å²) in [7, 11) is -6.00. The molecule has 0 amide bonds. The normalized spacial score (nSPS) is 10.2. The van der Waals surface area contributed by atoms with E-state index in [0.717, 1.165) is 0 Å². The lowest BCUT2D eigenvalue weighted by atomic mass is 10.3. The number of benzene rings is 1. The van der Waals surface area contributed by atoms with Crippen LogP contribution < -0.4 is 4.74 Å². The van der Waals surface area contributed by atoms with Gasteiger partial charge in [0.1, 0.15) is 5.75 Å². The van der Waals surface area contributed by atoms with Crippen molar-refractivity contribution in [1.82, 2.24) is 0 Å². The van der Waals surface area contributed by atoms with Crippen LogP contribution >= 0.6 is 0 Å². The summed E-state index contributed by atoms with van der Waals surface area (Å²) in [5.74, 6) is 0.0393. The third-order valence-electron chi connectivity index (χ3n) is 1.18. The fraction of sp³-hybridized carbons (Fsp3) is 0.143. The molecule has 0 aliphatic rings. The number of hydrogen-bond acceptors (Lipinski definition) is 2. The summed E-state index contributed by atoms with van der Waals surface area (Å²) in [5, 5.41) is 8.25. The van der Waals surface area contributed by atoms with E-state index in [4.69, 9.17) is 5.39 Å². The molecule has 0 spiro atoms. The van der Waals surface area contributed by atoms with Crippen LogP contribution in [0.25, 0.3) is 4.98 Å². The fourth-order valence-corrected chi connectivity index (χ4v) is 0.694. The molecule has 17 heavy (non-hydrogen) atoms. The Bertz CT molecular complexity index is 367. The smallest absolute Gasteiger partial charge is 0.435 e. The summed E-state index contributed by atoms with van der Waals surface area (Å²) in [6.07, 6.45) is 0. The minimum absolute atomic E-state index is 0.0393. The highest BCUT2D eigenvalue weighted by molar-refractivity contribution is 6.50. The number of alkyl halides is 2. The van der Waals surface area contributed by atoms with Crippen LogP contribution in [0.5, 0.6) is 5.75 Å². The largest absolute Gasteiger partial charge is 0.673 e. The first-order valence-electron chi connectivity index (χ1n) is 3.99. The number of diazo groups is 1. The zero-order valence-corrected chi connectivity index (χ0v) is 8.03. The highest BCUT2D eigenvalue weighted by atomic mass is 19.5. The minimum Gasteiger partial charge on any atom is -0.435 e. The van der Waals surface area contributed by atoms with Gasteiger partial charge in [-0.2, -0.15) is 8.78 Å². The highest BCUT2D eigenvalue weighted by Gasteiger charge is 2.20. The van der Waals surface area contributed by atoms with Crippen molar-refractivity contribution < 1.29 is 30.8 Å². The molecule has 10 heteroatoms. The van der Waals surface area contributed by atoms with Crippen LogP contribution in [0.4, 0.5) is 31.7 Å². The van der Waals surface area contributed by atoms with E-state index < -0.39 is 13.9 Å². The van der Waals surface area contributed by atoms with Crippen LogP contribution in [0, 0.1) is 5.39 Å². The summed E-state index contributed by atoms with van der Waals surface area (Å²) in [4.78, 5) is 2.85. The first kappa shape index (κ1) is 15.1. The molecule has 3 nitrogen and oxygen atoms in total. The Balaban J connectivity index is 0.000000437. The van der Waals surface area contributed by atoms with E-state index >= 15 is 0 Å². The lowest BCUT2D eigenvalue weighted by molar-refractivity contribution is -0.0498. The maximum atomic E-state index is 11.6. The molecular formula is C7H5BF6N2O. The first-order valence-corrected chi connectivity index (χ1v) is 3.99.